The molecular weight excluding hydrogens is 308 g/mol. The lowest BCUT2D eigenvalue weighted by atomic mass is 9.81. The Balaban J connectivity index is 2.44. The number of Topliss-reactive ketones (excluding diaryl/α,β-unsaturated/α-hetero) is 2. The van der Waals surface area contributed by atoms with Crippen molar-refractivity contribution in [3.8, 4) is 11.8 Å². The van der Waals surface area contributed by atoms with Crippen molar-refractivity contribution in [3.05, 3.63) is 70.7 Å². The predicted molar refractivity (Wildman–Crippen MR) is 92.4 cm³/mol. The third kappa shape index (κ3) is 4.55. The van der Waals surface area contributed by atoms with Crippen molar-refractivity contribution in [2.24, 2.45) is 5.92 Å². The summed E-state index contributed by atoms with van der Waals surface area (Å²) >= 11 is 5.87. The van der Waals surface area contributed by atoms with Gasteiger partial charge in [0.05, 0.1) is 11.8 Å². The molecule has 1 atom stereocenters. The van der Waals surface area contributed by atoms with Gasteiger partial charge in [-0.1, -0.05) is 53.8 Å². The summed E-state index contributed by atoms with van der Waals surface area (Å²) in [5.74, 6) is 4.60. The number of hydrogen-bond donors (Lipinski definition) is 0. The maximum Gasteiger partial charge on any atom is 0.141 e. The molecule has 3 heteroatoms. The number of ketones is 2. The van der Waals surface area contributed by atoms with E-state index >= 15 is 0 Å². The van der Waals surface area contributed by atoms with Gasteiger partial charge in [0.2, 0.25) is 0 Å². The zero-order valence-electron chi connectivity index (χ0n) is 13.0. The molecule has 0 unspecified atom stereocenters. The number of benzene rings is 2. The van der Waals surface area contributed by atoms with Gasteiger partial charge in [0.15, 0.2) is 0 Å². The quantitative estimate of drug-likeness (QED) is 0.621. The van der Waals surface area contributed by atoms with Gasteiger partial charge in [0.1, 0.15) is 11.6 Å². The Labute approximate surface area is 141 Å². The number of carbonyl (C=O) groups excluding carboxylic acids is 2. The summed E-state index contributed by atoms with van der Waals surface area (Å²) in [6.45, 7) is 2.87. The van der Waals surface area contributed by atoms with E-state index < -0.39 is 11.8 Å². The van der Waals surface area contributed by atoms with E-state index in [1.54, 1.807) is 12.1 Å². The highest BCUT2D eigenvalue weighted by atomic mass is 35.5. The van der Waals surface area contributed by atoms with Crippen molar-refractivity contribution >= 4 is 23.2 Å². The van der Waals surface area contributed by atoms with Crippen molar-refractivity contribution in [1.82, 2.24) is 0 Å². The number of halogens is 1. The first-order valence-corrected chi connectivity index (χ1v) is 7.70. The van der Waals surface area contributed by atoms with Gasteiger partial charge in [0, 0.05) is 10.6 Å². The lowest BCUT2D eigenvalue weighted by Crippen LogP contribution is -2.26. The van der Waals surface area contributed by atoms with Crippen molar-refractivity contribution in [2.45, 2.75) is 19.8 Å². The fourth-order valence-corrected chi connectivity index (χ4v) is 2.60. The molecule has 0 aliphatic rings. The Morgan fingerprint density at radius 3 is 2.00 bits per heavy atom. The summed E-state index contributed by atoms with van der Waals surface area (Å²) in [4.78, 5) is 23.9. The molecule has 0 aliphatic heterocycles. The average Bonchev–Trinajstić information content (AvgIpc) is 2.53. The van der Waals surface area contributed by atoms with Crippen molar-refractivity contribution in [1.29, 1.82) is 0 Å². The van der Waals surface area contributed by atoms with Crippen LogP contribution in [0.1, 0.15) is 30.9 Å². The van der Waals surface area contributed by atoms with Crippen LogP contribution in [0.5, 0.6) is 0 Å². The number of carbonyl (C=O) groups is 2. The highest BCUT2D eigenvalue weighted by Gasteiger charge is 2.29. The minimum absolute atomic E-state index is 0.170. The molecule has 2 rings (SSSR count). The van der Waals surface area contributed by atoms with Gasteiger partial charge in [-0.15, -0.1) is 0 Å². The first-order chi connectivity index (χ1) is 11.0. The second-order valence-corrected chi connectivity index (χ2v) is 5.80. The summed E-state index contributed by atoms with van der Waals surface area (Å²) in [5, 5.41) is 0.639. The van der Waals surface area contributed by atoms with E-state index in [1.165, 1.54) is 13.8 Å². The summed E-state index contributed by atoms with van der Waals surface area (Å²) < 4.78 is 0. The molecule has 116 valence electrons. The van der Waals surface area contributed by atoms with Crippen LogP contribution >= 0.6 is 11.6 Å². The molecule has 0 fully saturated rings. The van der Waals surface area contributed by atoms with Crippen molar-refractivity contribution in [2.75, 3.05) is 0 Å². The average molecular weight is 325 g/mol. The summed E-state index contributed by atoms with van der Waals surface area (Å²) in [5.41, 5.74) is 1.66. The Kier molecular flexibility index (Phi) is 5.73. The highest BCUT2D eigenvalue weighted by Crippen LogP contribution is 2.26. The molecule has 0 aromatic heterocycles. The molecule has 2 aromatic rings. The molecule has 2 aromatic carbocycles. The van der Waals surface area contributed by atoms with Gasteiger partial charge in [-0.05, 0) is 43.7 Å². The molecule has 2 nitrogen and oxygen atoms in total. The number of rotatable bonds is 4. The minimum Gasteiger partial charge on any atom is -0.299 e. The van der Waals surface area contributed by atoms with Crippen LogP contribution in [0.3, 0.4) is 0 Å². The summed E-state index contributed by atoms with van der Waals surface area (Å²) in [6, 6.07) is 16.6. The molecule has 0 saturated carbocycles. The normalized spacial score (nSPS) is 11.5. The highest BCUT2D eigenvalue weighted by molar-refractivity contribution is 6.30. The Hall–Kier alpha value is -2.37. The molecule has 0 heterocycles. The lowest BCUT2D eigenvalue weighted by Gasteiger charge is -2.18. The van der Waals surface area contributed by atoms with Gasteiger partial charge in [-0.3, -0.25) is 9.59 Å². The molecule has 0 N–H and O–H groups in total. The first-order valence-electron chi connectivity index (χ1n) is 7.32. The standard InChI is InChI=1S/C20H17ClO2/c1-14(22)20(15(2)23)19(17-6-4-3-5-7-17)13-10-16-8-11-18(21)12-9-16/h3-9,11-12,19-20H,1-2H3/t19-/m0/s1. The maximum atomic E-state index is 12.0. The zero-order chi connectivity index (χ0) is 16.8. The Morgan fingerprint density at radius 2 is 1.48 bits per heavy atom. The van der Waals surface area contributed by atoms with Crippen LogP contribution in [0.15, 0.2) is 54.6 Å². The van der Waals surface area contributed by atoms with Crippen LogP contribution < -0.4 is 0 Å². The van der Waals surface area contributed by atoms with Crippen LogP contribution in [-0.2, 0) is 9.59 Å². The molecule has 0 amide bonds. The molecular formula is C20H17ClO2. The van der Waals surface area contributed by atoms with Crippen molar-refractivity contribution < 1.29 is 9.59 Å². The first kappa shape index (κ1) is 17.0. The van der Waals surface area contributed by atoms with Crippen LogP contribution in [-0.4, -0.2) is 11.6 Å². The lowest BCUT2D eigenvalue weighted by molar-refractivity contribution is -0.130. The smallest absolute Gasteiger partial charge is 0.141 e. The van der Waals surface area contributed by atoms with Gasteiger partial charge in [0.25, 0.3) is 0 Å². The fourth-order valence-electron chi connectivity index (χ4n) is 2.47. The molecule has 0 bridgehead atoms. The molecule has 0 radical (unpaired) electrons. The second kappa shape index (κ2) is 7.76. The summed E-state index contributed by atoms with van der Waals surface area (Å²) in [7, 11) is 0. The van der Waals surface area contributed by atoms with Gasteiger partial charge < -0.3 is 0 Å². The third-order valence-electron chi connectivity index (χ3n) is 3.58. The van der Waals surface area contributed by atoms with E-state index in [0.29, 0.717) is 5.02 Å². The van der Waals surface area contributed by atoms with Crippen LogP contribution in [0.2, 0.25) is 5.02 Å². The van der Waals surface area contributed by atoms with Crippen molar-refractivity contribution in [3.63, 3.8) is 0 Å². The summed E-state index contributed by atoms with van der Waals surface area (Å²) in [6.07, 6.45) is 0. The largest absolute Gasteiger partial charge is 0.299 e. The molecule has 23 heavy (non-hydrogen) atoms. The van der Waals surface area contributed by atoms with E-state index in [2.05, 4.69) is 11.8 Å². The Bertz CT molecular complexity index is 738. The van der Waals surface area contributed by atoms with Crippen LogP contribution in [0.4, 0.5) is 0 Å². The maximum absolute atomic E-state index is 12.0. The van der Waals surface area contributed by atoms with Crippen LogP contribution in [0, 0.1) is 17.8 Å². The van der Waals surface area contributed by atoms with E-state index in [9.17, 15) is 9.59 Å². The topological polar surface area (TPSA) is 34.1 Å². The minimum atomic E-state index is -0.753. The van der Waals surface area contributed by atoms with Gasteiger partial charge in [-0.2, -0.15) is 0 Å². The van der Waals surface area contributed by atoms with Crippen LogP contribution in [0.25, 0.3) is 0 Å². The number of hydrogen-bond acceptors (Lipinski definition) is 2. The molecule has 0 aliphatic carbocycles. The zero-order valence-corrected chi connectivity index (χ0v) is 13.8. The van der Waals surface area contributed by atoms with E-state index in [0.717, 1.165) is 11.1 Å². The van der Waals surface area contributed by atoms with E-state index in [4.69, 9.17) is 11.6 Å². The second-order valence-electron chi connectivity index (χ2n) is 5.36. The third-order valence-corrected chi connectivity index (χ3v) is 3.84. The molecule has 0 saturated heterocycles. The van der Waals surface area contributed by atoms with E-state index in [-0.39, 0.29) is 11.6 Å². The van der Waals surface area contributed by atoms with Gasteiger partial charge in [-0.25, -0.2) is 0 Å². The predicted octanol–water partition coefficient (Wildman–Crippen LogP) is 4.27. The SMILES string of the molecule is CC(=O)C(C(C)=O)[C@@H](C#Cc1ccc(Cl)cc1)c1ccccc1. The van der Waals surface area contributed by atoms with Gasteiger partial charge >= 0.3 is 0 Å². The van der Waals surface area contributed by atoms with E-state index in [1.807, 2.05) is 42.5 Å². The Morgan fingerprint density at radius 1 is 0.913 bits per heavy atom. The molecule has 0 spiro atoms. The fraction of sp³-hybridized carbons (Fsp3) is 0.200. The monoisotopic (exact) mass is 324 g/mol.